The Morgan fingerprint density at radius 3 is 3.00 bits per heavy atom. The van der Waals surface area contributed by atoms with Gasteiger partial charge in [-0.15, -0.1) is 10.2 Å². The number of hydrogen-bond acceptors (Lipinski definition) is 5. The smallest absolute Gasteiger partial charge is 0.313 e. The van der Waals surface area contributed by atoms with E-state index >= 15 is 0 Å². The van der Waals surface area contributed by atoms with E-state index in [1.165, 1.54) is 0 Å². The second kappa shape index (κ2) is 5.49. The largest absolute Gasteiger partial charge is 0.481 e. The average Bonchev–Trinajstić information content (AvgIpc) is 2.69. The quantitative estimate of drug-likeness (QED) is 0.862. The number of hydrogen-bond donors (Lipinski definition) is 1. The van der Waals surface area contributed by atoms with Crippen LogP contribution in [0.2, 0.25) is 0 Å². The van der Waals surface area contributed by atoms with Gasteiger partial charge in [-0.25, -0.2) is 0 Å². The number of aliphatic carboxylic acids is 1. The molecule has 0 fully saturated rings. The standard InChI is InChI=1S/C10H9BrN4O2S/c1-15-9(8-6(11)3-2-4-12-8)13-14-10(15)18-5-7(16)17/h2-4H,5H2,1H3,(H,16,17). The zero-order valence-electron chi connectivity index (χ0n) is 9.37. The molecule has 18 heavy (non-hydrogen) atoms. The SMILES string of the molecule is Cn1c(SCC(=O)O)nnc1-c1ncccc1Br. The Kier molecular flexibility index (Phi) is 3.97. The third-order valence-corrected chi connectivity index (χ3v) is 3.77. The van der Waals surface area contributed by atoms with Crippen LogP contribution in [0.1, 0.15) is 0 Å². The molecule has 0 saturated carbocycles. The van der Waals surface area contributed by atoms with Crippen LogP contribution in [-0.4, -0.2) is 36.6 Å². The number of carboxylic acid groups (broad SMARTS) is 1. The van der Waals surface area contributed by atoms with Crippen molar-refractivity contribution in [1.82, 2.24) is 19.7 Å². The summed E-state index contributed by atoms with van der Waals surface area (Å²) in [7, 11) is 1.78. The van der Waals surface area contributed by atoms with E-state index in [4.69, 9.17) is 5.11 Å². The zero-order chi connectivity index (χ0) is 13.1. The van der Waals surface area contributed by atoms with E-state index in [9.17, 15) is 4.79 Å². The molecule has 8 heteroatoms. The molecule has 0 radical (unpaired) electrons. The predicted octanol–water partition coefficient (Wildman–Crippen LogP) is 1.82. The van der Waals surface area contributed by atoms with Gasteiger partial charge in [0.2, 0.25) is 0 Å². The number of rotatable bonds is 4. The Hall–Kier alpha value is -1.41. The maximum atomic E-state index is 10.5. The molecule has 1 N–H and O–H groups in total. The van der Waals surface area contributed by atoms with Crippen molar-refractivity contribution in [2.45, 2.75) is 5.16 Å². The molecular weight excluding hydrogens is 320 g/mol. The fourth-order valence-corrected chi connectivity index (χ4v) is 2.39. The zero-order valence-corrected chi connectivity index (χ0v) is 11.8. The van der Waals surface area contributed by atoms with Gasteiger partial charge >= 0.3 is 5.97 Å². The Morgan fingerprint density at radius 2 is 2.33 bits per heavy atom. The van der Waals surface area contributed by atoms with Crippen LogP contribution in [0.25, 0.3) is 11.5 Å². The average molecular weight is 329 g/mol. The van der Waals surface area contributed by atoms with Crippen LogP contribution < -0.4 is 0 Å². The van der Waals surface area contributed by atoms with Gasteiger partial charge in [-0.3, -0.25) is 9.78 Å². The molecule has 0 unspecified atom stereocenters. The van der Waals surface area contributed by atoms with Crippen molar-refractivity contribution in [3.63, 3.8) is 0 Å². The van der Waals surface area contributed by atoms with Gasteiger partial charge in [-0.1, -0.05) is 11.8 Å². The van der Waals surface area contributed by atoms with Crippen molar-refractivity contribution in [2.75, 3.05) is 5.75 Å². The normalized spacial score (nSPS) is 10.6. The van der Waals surface area contributed by atoms with Gasteiger partial charge < -0.3 is 9.67 Å². The van der Waals surface area contributed by atoms with Gasteiger partial charge in [0.15, 0.2) is 11.0 Å². The lowest BCUT2D eigenvalue weighted by Gasteiger charge is -2.03. The minimum atomic E-state index is -0.886. The fourth-order valence-electron chi connectivity index (χ4n) is 1.32. The second-order valence-electron chi connectivity index (χ2n) is 3.38. The summed E-state index contributed by atoms with van der Waals surface area (Å²) in [6.07, 6.45) is 1.67. The third-order valence-electron chi connectivity index (χ3n) is 2.13. The highest BCUT2D eigenvalue weighted by Gasteiger charge is 2.15. The Bertz CT molecular complexity index is 587. The minimum Gasteiger partial charge on any atom is -0.481 e. The number of pyridine rings is 1. The molecule has 0 aromatic carbocycles. The Labute approximate surface area is 116 Å². The van der Waals surface area contributed by atoms with Crippen molar-refractivity contribution in [3.8, 4) is 11.5 Å². The molecule has 0 atom stereocenters. The monoisotopic (exact) mass is 328 g/mol. The summed E-state index contributed by atoms with van der Waals surface area (Å²) in [6.45, 7) is 0. The molecule has 6 nitrogen and oxygen atoms in total. The highest BCUT2D eigenvalue weighted by molar-refractivity contribution is 9.10. The van der Waals surface area contributed by atoms with Crippen molar-refractivity contribution in [3.05, 3.63) is 22.8 Å². The lowest BCUT2D eigenvalue weighted by atomic mass is 10.3. The summed E-state index contributed by atoms with van der Waals surface area (Å²) in [5.41, 5.74) is 0.676. The van der Waals surface area contributed by atoms with Gasteiger partial charge in [-0.05, 0) is 28.1 Å². The van der Waals surface area contributed by atoms with Crippen molar-refractivity contribution in [1.29, 1.82) is 0 Å². The number of nitrogens with zero attached hydrogens (tertiary/aromatic N) is 4. The highest BCUT2D eigenvalue weighted by atomic mass is 79.9. The molecule has 2 aromatic rings. The van der Waals surface area contributed by atoms with Crippen molar-refractivity contribution in [2.24, 2.45) is 7.05 Å². The van der Waals surface area contributed by atoms with Gasteiger partial charge in [0.1, 0.15) is 5.69 Å². The van der Waals surface area contributed by atoms with Crippen LogP contribution in [0.4, 0.5) is 0 Å². The van der Waals surface area contributed by atoms with Crippen LogP contribution in [0, 0.1) is 0 Å². The molecule has 0 aliphatic carbocycles. The van der Waals surface area contributed by atoms with Crippen LogP contribution in [0.5, 0.6) is 0 Å². The third kappa shape index (κ3) is 2.70. The Morgan fingerprint density at radius 1 is 1.56 bits per heavy atom. The van der Waals surface area contributed by atoms with E-state index < -0.39 is 5.97 Å². The van der Waals surface area contributed by atoms with Gasteiger partial charge in [0.25, 0.3) is 0 Å². The van der Waals surface area contributed by atoms with Crippen LogP contribution in [0.3, 0.4) is 0 Å². The van der Waals surface area contributed by atoms with E-state index in [2.05, 4.69) is 31.1 Å². The molecular formula is C10H9BrN4O2S. The first-order valence-corrected chi connectivity index (χ1v) is 6.72. The van der Waals surface area contributed by atoms with Crippen molar-refractivity contribution >= 4 is 33.7 Å². The lowest BCUT2D eigenvalue weighted by molar-refractivity contribution is -0.133. The van der Waals surface area contributed by atoms with Crippen LogP contribution >= 0.6 is 27.7 Å². The topological polar surface area (TPSA) is 80.9 Å². The van der Waals surface area contributed by atoms with Crippen LogP contribution in [0.15, 0.2) is 28.0 Å². The fraction of sp³-hybridized carbons (Fsp3) is 0.200. The van der Waals surface area contributed by atoms with Crippen molar-refractivity contribution < 1.29 is 9.90 Å². The lowest BCUT2D eigenvalue weighted by Crippen LogP contribution is -2.01. The summed E-state index contributed by atoms with van der Waals surface area (Å²) in [6, 6.07) is 3.67. The molecule has 2 aromatic heterocycles. The summed E-state index contributed by atoms with van der Waals surface area (Å²) in [4.78, 5) is 14.7. The maximum Gasteiger partial charge on any atom is 0.313 e. The number of carboxylic acids is 1. The summed E-state index contributed by atoms with van der Waals surface area (Å²) < 4.78 is 2.54. The minimum absolute atomic E-state index is 0.0463. The molecule has 0 bridgehead atoms. The van der Waals surface area contributed by atoms with Gasteiger partial charge in [0, 0.05) is 17.7 Å². The summed E-state index contributed by atoms with van der Waals surface area (Å²) >= 11 is 4.52. The predicted molar refractivity (Wildman–Crippen MR) is 70.3 cm³/mol. The molecule has 2 rings (SSSR count). The van der Waals surface area contributed by atoms with E-state index in [0.717, 1.165) is 16.2 Å². The first-order valence-electron chi connectivity index (χ1n) is 4.94. The number of thioether (sulfide) groups is 1. The molecule has 0 aliphatic heterocycles. The molecule has 2 heterocycles. The number of carbonyl (C=O) groups is 1. The number of halogens is 1. The molecule has 0 amide bonds. The van der Waals surface area contributed by atoms with Crippen LogP contribution in [-0.2, 0) is 11.8 Å². The van der Waals surface area contributed by atoms with Gasteiger partial charge in [0.05, 0.1) is 5.75 Å². The molecule has 0 spiro atoms. The second-order valence-corrected chi connectivity index (χ2v) is 5.18. The first kappa shape index (κ1) is 13.0. The number of aromatic nitrogens is 4. The maximum absolute atomic E-state index is 10.5. The van der Waals surface area contributed by atoms with Gasteiger partial charge in [-0.2, -0.15) is 0 Å². The molecule has 0 aliphatic rings. The summed E-state index contributed by atoms with van der Waals surface area (Å²) in [5, 5.41) is 17.2. The highest BCUT2D eigenvalue weighted by Crippen LogP contribution is 2.26. The summed E-state index contributed by atoms with van der Waals surface area (Å²) in [5.74, 6) is -0.339. The molecule has 0 saturated heterocycles. The first-order chi connectivity index (χ1) is 8.59. The van der Waals surface area contributed by atoms with E-state index in [1.807, 2.05) is 12.1 Å². The van der Waals surface area contributed by atoms with E-state index in [0.29, 0.717) is 16.7 Å². The Balaban J connectivity index is 2.31. The van der Waals surface area contributed by atoms with E-state index in [-0.39, 0.29) is 5.75 Å². The van der Waals surface area contributed by atoms with E-state index in [1.54, 1.807) is 17.8 Å². The molecule has 94 valence electrons.